The van der Waals surface area contributed by atoms with Gasteiger partial charge in [-0.1, -0.05) is 22.0 Å². The van der Waals surface area contributed by atoms with Gasteiger partial charge in [0, 0.05) is 10.0 Å². The van der Waals surface area contributed by atoms with E-state index in [0.29, 0.717) is 16.6 Å². The number of fused-ring (bicyclic) bond motifs is 1. The molecule has 2 heterocycles. The van der Waals surface area contributed by atoms with Crippen molar-refractivity contribution in [3.63, 3.8) is 0 Å². The van der Waals surface area contributed by atoms with Crippen molar-refractivity contribution in [2.45, 2.75) is 13.8 Å². The molecule has 1 amide bonds. The molecule has 4 aromatic rings. The molecular formula is C20H16BrN5O2. The van der Waals surface area contributed by atoms with Crippen molar-refractivity contribution >= 4 is 32.9 Å². The molecule has 0 unspecified atom stereocenters. The molecule has 28 heavy (non-hydrogen) atoms. The van der Waals surface area contributed by atoms with Crippen LogP contribution in [-0.4, -0.2) is 25.3 Å². The van der Waals surface area contributed by atoms with Crippen molar-refractivity contribution in [2.24, 2.45) is 0 Å². The van der Waals surface area contributed by atoms with Gasteiger partial charge < -0.3 is 0 Å². The van der Waals surface area contributed by atoms with Crippen LogP contribution in [0.3, 0.4) is 0 Å². The largest absolute Gasteiger partial charge is 0.283 e. The zero-order chi connectivity index (χ0) is 19.8. The van der Waals surface area contributed by atoms with Crippen LogP contribution < -0.4 is 11.0 Å². The van der Waals surface area contributed by atoms with Crippen molar-refractivity contribution < 1.29 is 4.79 Å². The van der Waals surface area contributed by atoms with Gasteiger partial charge in [-0.05, 0) is 61.4 Å². The molecule has 0 bridgehead atoms. The van der Waals surface area contributed by atoms with E-state index in [-0.39, 0.29) is 0 Å². The third-order valence-corrected chi connectivity index (χ3v) is 5.08. The highest BCUT2D eigenvalue weighted by Gasteiger charge is 2.14. The first-order valence-electron chi connectivity index (χ1n) is 8.54. The van der Waals surface area contributed by atoms with Crippen LogP contribution in [0.5, 0.6) is 0 Å². The Morgan fingerprint density at radius 3 is 2.54 bits per heavy atom. The number of carbonyl (C=O) groups excluding carboxylic acids is 1. The van der Waals surface area contributed by atoms with Crippen molar-refractivity contribution in [2.75, 3.05) is 5.43 Å². The van der Waals surface area contributed by atoms with Gasteiger partial charge in [0.15, 0.2) is 5.65 Å². The normalized spacial score (nSPS) is 11.0. The Bertz CT molecular complexity index is 1260. The van der Waals surface area contributed by atoms with Crippen LogP contribution in [0.15, 0.2) is 64.3 Å². The topological polar surface area (TPSA) is 81.8 Å². The molecule has 0 atom stereocenters. The lowest BCUT2D eigenvalue weighted by Crippen LogP contribution is -2.33. The van der Waals surface area contributed by atoms with Gasteiger partial charge in [0.2, 0.25) is 0 Å². The second-order valence-corrected chi connectivity index (χ2v) is 7.35. The molecule has 1 N–H and O–H groups in total. The maximum Gasteiger partial charge on any atom is 0.283 e. The number of halogens is 1. The van der Waals surface area contributed by atoms with Crippen molar-refractivity contribution in [3.05, 3.63) is 86.5 Å². The lowest BCUT2D eigenvalue weighted by Gasteiger charge is -2.09. The molecule has 4 rings (SSSR count). The molecular weight excluding hydrogens is 422 g/mol. The number of amides is 1. The minimum atomic E-state index is -0.405. The first-order chi connectivity index (χ1) is 13.4. The Labute approximate surface area is 168 Å². The van der Waals surface area contributed by atoms with E-state index in [1.54, 1.807) is 28.9 Å². The summed E-state index contributed by atoms with van der Waals surface area (Å²) in [5, 5.41) is 4.62. The average molecular weight is 438 g/mol. The molecule has 2 aromatic heterocycles. The quantitative estimate of drug-likeness (QED) is 0.532. The third kappa shape index (κ3) is 3.22. The Hall–Kier alpha value is -3.26. The van der Waals surface area contributed by atoms with Gasteiger partial charge in [-0.3, -0.25) is 15.0 Å². The van der Waals surface area contributed by atoms with Gasteiger partial charge in [-0.25, -0.2) is 14.3 Å². The Kier molecular flexibility index (Phi) is 4.56. The summed E-state index contributed by atoms with van der Waals surface area (Å²) in [7, 11) is 0. The summed E-state index contributed by atoms with van der Waals surface area (Å²) in [5.41, 5.74) is 6.14. The first kappa shape index (κ1) is 18.1. The number of aromatic nitrogens is 4. The summed E-state index contributed by atoms with van der Waals surface area (Å²) in [6.07, 6.45) is 2.75. The van der Waals surface area contributed by atoms with Gasteiger partial charge in [-0.15, -0.1) is 0 Å². The highest BCUT2D eigenvalue weighted by atomic mass is 79.9. The standard InChI is InChI=1S/C20H16BrN5O2/c1-12-3-8-16(9-13(12)2)26-18-17(10-23-26)20(28)25(11-22-18)24-19(27)14-4-6-15(21)7-5-14/h3-11H,1-2H3,(H,24,27). The first-order valence-corrected chi connectivity index (χ1v) is 9.33. The summed E-state index contributed by atoms with van der Waals surface area (Å²) in [6.45, 7) is 4.05. The molecule has 0 saturated carbocycles. The maximum absolute atomic E-state index is 12.8. The van der Waals surface area contributed by atoms with Crippen LogP contribution >= 0.6 is 15.9 Å². The molecule has 8 heteroatoms. The van der Waals surface area contributed by atoms with E-state index in [0.717, 1.165) is 20.4 Å². The van der Waals surface area contributed by atoms with Crippen LogP contribution in [0.4, 0.5) is 0 Å². The van der Waals surface area contributed by atoms with E-state index in [1.807, 2.05) is 32.0 Å². The van der Waals surface area contributed by atoms with Gasteiger partial charge in [0.25, 0.3) is 11.5 Å². The van der Waals surface area contributed by atoms with Crippen molar-refractivity contribution in [3.8, 4) is 5.69 Å². The Morgan fingerprint density at radius 2 is 1.82 bits per heavy atom. The lowest BCUT2D eigenvalue weighted by molar-refractivity contribution is 0.101. The molecule has 0 fully saturated rings. The van der Waals surface area contributed by atoms with Crippen LogP contribution in [0.2, 0.25) is 0 Å². The second-order valence-electron chi connectivity index (χ2n) is 6.43. The van der Waals surface area contributed by atoms with Gasteiger partial charge in [0.1, 0.15) is 11.7 Å². The summed E-state index contributed by atoms with van der Waals surface area (Å²) in [4.78, 5) is 29.5. The van der Waals surface area contributed by atoms with Gasteiger partial charge in [-0.2, -0.15) is 5.10 Å². The predicted molar refractivity (Wildman–Crippen MR) is 110 cm³/mol. The lowest BCUT2D eigenvalue weighted by atomic mass is 10.1. The van der Waals surface area contributed by atoms with Crippen molar-refractivity contribution in [1.29, 1.82) is 0 Å². The van der Waals surface area contributed by atoms with E-state index < -0.39 is 11.5 Å². The summed E-state index contributed by atoms with van der Waals surface area (Å²) < 4.78 is 3.55. The minimum absolute atomic E-state index is 0.317. The van der Waals surface area contributed by atoms with Gasteiger partial charge >= 0.3 is 0 Å². The van der Waals surface area contributed by atoms with Gasteiger partial charge in [0.05, 0.1) is 11.9 Å². The van der Waals surface area contributed by atoms with Crippen LogP contribution in [0, 0.1) is 13.8 Å². The van der Waals surface area contributed by atoms with E-state index in [2.05, 4.69) is 31.4 Å². The van der Waals surface area contributed by atoms with Crippen LogP contribution in [0.25, 0.3) is 16.7 Å². The average Bonchev–Trinajstić information content (AvgIpc) is 3.11. The molecule has 0 aliphatic heterocycles. The summed E-state index contributed by atoms with van der Waals surface area (Å²) in [5.74, 6) is -0.405. The summed E-state index contributed by atoms with van der Waals surface area (Å²) >= 11 is 3.32. The number of benzene rings is 2. The second kappa shape index (κ2) is 7.05. The fourth-order valence-electron chi connectivity index (χ4n) is 2.81. The predicted octanol–water partition coefficient (Wildman–Crippen LogP) is 3.35. The van der Waals surface area contributed by atoms with Crippen LogP contribution in [-0.2, 0) is 0 Å². The fraction of sp³-hybridized carbons (Fsp3) is 0.100. The smallest absolute Gasteiger partial charge is 0.267 e. The fourth-order valence-corrected chi connectivity index (χ4v) is 3.08. The van der Waals surface area contributed by atoms with E-state index in [9.17, 15) is 9.59 Å². The molecule has 0 saturated heterocycles. The molecule has 0 aliphatic rings. The number of aryl methyl sites for hydroxylation is 2. The highest BCUT2D eigenvalue weighted by molar-refractivity contribution is 9.10. The zero-order valence-electron chi connectivity index (χ0n) is 15.2. The number of carbonyl (C=O) groups is 1. The molecule has 2 aromatic carbocycles. The van der Waals surface area contributed by atoms with E-state index in [4.69, 9.17) is 0 Å². The molecule has 7 nitrogen and oxygen atoms in total. The molecule has 0 spiro atoms. The molecule has 0 aliphatic carbocycles. The SMILES string of the molecule is Cc1ccc(-n2ncc3c(=O)n(NC(=O)c4ccc(Br)cc4)cnc32)cc1C. The monoisotopic (exact) mass is 437 g/mol. The number of hydrogen-bond donors (Lipinski definition) is 1. The van der Waals surface area contributed by atoms with E-state index >= 15 is 0 Å². The van der Waals surface area contributed by atoms with Crippen molar-refractivity contribution in [1.82, 2.24) is 19.4 Å². The van der Waals surface area contributed by atoms with Crippen LogP contribution in [0.1, 0.15) is 21.5 Å². The van der Waals surface area contributed by atoms with E-state index in [1.165, 1.54) is 18.1 Å². The number of rotatable bonds is 3. The number of nitrogens with one attached hydrogen (secondary N) is 1. The molecule has 140 valence electrons. The third-order valence-electron chi connectivity index (χ3n) is 4.55. The molecule has 0 radical (unpaired) electrons. The highest BCUT2D eigenvalue weighted by Crippen LogP contribution is 2.17. The minimum Gasteiger partial charge on any atom is -0.267 e. The number of nitrogens with zero attached hydrogens (tertiary/aromatic N) is 4. The summed E-state index contributed by atoms with van der Waals surface area (Å²) in [6, 6.07) is 12.8. The number of hydrogen-bond acceptors (Lipinski definition) is 4. The Morgan fingerprint density at radius 1 is 1.07 bits per heavy atom. The Balaban J connectivity index is 1.70. The zero-order valence-corrected chi connectivity index (χ0v) is 16.8. The maximum atomic E-state index is 12.8.